The van der Waals surface area contributed by atoms with Crippen molar-refractivity contribution in [2.45, 2.75) is 18.9 Å². The third kappa shape index (κ3) is 4.35. The Kier molecular flexibility index (Phi) is 5.98. The van der Waals surface area contributed by atoms with Gasteiger partial charge < -0.3 is 25.2 Å². The number of carboxylic acids is 1. The van der Waals surface area contributed by atoms with Crippen LogP contribution < -0.4 is 20.1 Å². The molecule has 0 aliphatic carbocycles. The van der Waals surface area contributed by atoms with Crippen LogP contribution in [0.25, 0.3) is 0 Å². The first-order chi connectivity index (χ1) is 9.90. The Balaban J connectivity index is 2.84. The molecule has 1 atom stereocenters. The average Bonchev–Trinajstić information content (AvgIpc) is 2.50. The van der Waals surface area contributed by atoms with E-state index in [2.05, 4.69) is 0 Å². The standard InChI is InChI=1S/C14H20N2O5/c1-16(14(19)10(15)5-7-13(17)18)9-4-6-11(20-2)12(8-9)21-3/h4,6,8,10H,5,7,15H2,1-3H3,(H,17,18). The van der Waals surface area contributed by atoms with E-state index in [1.165, 1.54) is 19.1 Å². The normalized spacial score (nSPS) is 11.6. The van der Waals surface area contributed by atoms with Gasteiger partial charge in [0.1, 0.15) is 0 Å². The molecule has 21 heavy (non-hydrogen) atoms. The van der Waals surface area contributed by atoms with Crippen LogP contribution in [-0.2, 0) is 9.59 Å². The van der Waals surface area contributed by atoms with Gasteiger partial charge >= 0.3 is 5.97 Å². The molecule has 0 fully saturated rings. The number of hydrogen-bond acceptors (Lipinski definition) is 5. The van der Waals surface area contributed by atoms with Gasteiger partial charge in [0.05, 0.1) is 20.3 Å². The molecule has 1 aromatic rings. The highest BCUT2D eigenvalue weighted by atomic mass is 16.5. The molecule has 1 amide bonds. The molecule has 1 unspecified atom stereocenters. The van der Waals surface area contributed by atoms with Crippen LogP contribution in [0.2, 0.25) is 0 Å². The van der Waals surface area contributed by atoms with E-state index in [1.807, 2.05) is 0 Å². The quantitative estimate of drug-likeness (QED) is 0.773. The van der Waals surface area contributed by atoms with Crippen LogP contribution in [0.3, 0.4) is 0 Å². The van der Waals surface area contributed by atoms with Crippen LogP contribution in [0.4, 0.5) is 5.69 Å². The van der Waals surface area contributed by atoms with E-state index < -0.39 is 12.0 Å². The smallest absolute Gasteiger partial charge is 0.303 e. The molecule has 0 heterocycles. The molecule has 0 saturated carbocycles. The summed E-state index contributed by atoms with van der Waals surface area (Å²) in [4.78, 5) is 24.0. The van der Waals surface area contributed by atoms with Crippen molar-refractivity contribution in [3.8, 4) is 11.5 Å². The van der Waals surface area contributed by atoms with Gasteiger partial charge in [0.25, 0.3) is 0 Å². The van der Waals surface area contributed by atoms with Crippen LogP contribution in [-0.4, -0.2) is 44.3 Å². The van der Waals surface area contributed by atoms with E-state index in [9.17, 15) is 9.59 Å². The summed E-state index contributed by atoms with van der Waals surface area (Å²) in [6, 6.07) is 4.17. The van der Waals surface area contributed by atoms with Crippen LogP contribution >= 0.6 is 0 Å². The van der Waals surface area contributed by atoms with E-state index in [1.54, 1.807) is 25.2 Å². The van der Waals surface area contributed by atoms with E-state index in [-0.39, 0.29) is 18.7 Å². The van der Waals surface area contributed by atoms with E-state index in [0.29, 0.717) is 17.2 Å². The number of nitrogens with zero attached hydrogens (tertiary/aromatic N) is 1. The second-order valence-corrected chi connectivity index (χ2v) is 4.48. The van der Waals surface area contributed by atoms with Crippen molar-refractivity contribution in [2.75, 3.05) is 26.2 Å². The molecular formula is C14H20N2O5. The molecule has 0 aliphatic rings. The summed E-state index contributed by atoms with van der Waals surface area (Å²) in [6.45, 7) is 0. The van der Waals surface area contributed by atoms with Gasteiger partial charge in [0, 0.05) is 25.2 Å². The maximum absolute atomic E-state index is 12.1. The van der Waals surface area contributed by atoms with Crippen LogP contribution in [0.1, 0.15) is 12.8 Å². The molecule has 0 aromatic heterocycles. The second kappa shape index (κ2) is 7.49. The van der Waals surface area contributed by atoms with E-state index in [4.69, 9.17) is 20.3 Å². The van der Waals surface area contributed by atoms with Gasteiger partial charge in [0.15, 0.2) is 11.5 Å². The summed E-state index contributed by atoms with van der Waals surface area (Å²) in [7, 11) is 4.60. The van der Waals surface area contributed by atoms with Crippen molar-refractivity contribution in [3.05, 3.63) is 18.2 Å². The Hall–Kier alpha value is -2.28. The molecule has 1 rings (SSSR count). The molecular weight excluding hydrogens is 276 g/mol. The minimum Gasteiger partial charge on any atom is -0.493 e. The molecule has 0 saturated heterocycles. The summed E-state index contributed by atoms with van der Waals surface area (Å²) in [5, 5.41) is 8.61. The van der Waals surface area contributed by atoms with Crippen molar-refractivity contribution in [3.63, 3.8) is 0 Å². The van der Waals surface area contributed by atoms with Gasteiger partial charge in [-0.2, -0.15) is 0 Å². The molecule has 0 aliphatic heterocycles. The van der Waals surface area contributed by atoms with Gasteiger partial charge in [-0.3, -0.25) is 9.59 Å². The maximum Gasteiger partial charge on any atom is 0.303 e. The lowest BCUT2D eigenvalue weighted by atomic mass is 10.1. The lowest BCUT2D eigenvalue weighted by molar-refractivity contribution is -0.137. The third-order valence-corrected chi connectivity index (χ3v) is 3.07. The van der Waals surface area contributed by atoms with E-state index in [0.717, 1.165) is 0 Å². The predicted molar refractivity (Wildman–Crippen MR) is 77.8 cm³/mol. The first-order valence-electron chi connectivity index (χ1n) is 6.37. The molecule has 7 heteroatoms. The number of hydrogen-bond donors (Lipinski definition) is 2. The molecule has 0 bridgehead atoms. The first kappa shape index (κ1) is 16.8. The number of likely N-dealkylation sites (N-methyl/N-ethyl adjacent to an activating group) is 1. The SMILES string of the molecule is COc1ccc(N(C)C(=O)C(N)CCC(=O)O)cc1OC. The molecule has 0 radical (unpaired) electrons. The van der Waals surface area contributed by atoms with Crippen molar-refractivity contribution in [1.29, 1.82) is 0 Å². The van der Waals surface area contributed by atoms with Crippen molar-refractivity contribution in [2.24, 2.45) is 5.73 Å². The Morgan fingerprint density at radius 1 is 1.29 bits per heavy atom. The summed E-state index contributed by atoms with van der Waals surface area (Å²) in [5.74, 6) is -0.290. The zero-order valence-electron chi connectivity index (χ0n) is 12.3. The predicted octanol–water partition coefficient (Wildman–Crippen LogP) is 0.859. The number of anilines is 1. The summed E-state index contributed by atoms with van der Waals surface area (Å²) >= 11 is 0. The van der Waals surface area contributed by atoms with Crippen molar-refractivity contribution < 1.29 is 24.2 Å². The summed E-state index contributed by atoms with van der Waals surface area (Å²) < 4.78 is 10.3. The van der Waals surface area contributed by atoms with Gasteiger partial charge in [-0.1, -0.05) is 0 Å². The Bertz CT molecular complexity index is 518. The number of carbonyl (C=O) groups excluding carboxylic acids is 1. The highest BCUT2D eigenvalue weighted by molar-refractivity contribution is 5.97. The number of rotatable bonds is 7. The molecule has 116 valence electrons. The lowest BCUT2D eigenvalue weighted by Gasteiger charge is -2.22. The zero-order valence-corrected chi connectivity index (χ0v) is 12.3. The minimum atomic E-state index is -0.980. The number of ether oxygens (including phenoxy) is 2. The largest absolute Gasteiger partial charge is 0.493 e. The molecule has 7 nitrogen and oxygen atoms in total. The number of methoxy groups -OCH3 is 2. The number of carboxylic acid groups (broad SMARTS) is 1. The fourth-order valence-corrected chi connectivity index (χ4v) is 1.81. The van der Waals surface area contributed by atoms with Gasteiger partial charge in [-0.15, -0.1) is 0 Å². The average molecular weight is 296 g/mol. The summed E-state index contributed by atoms with van der Waals surface area (Å²) in [6.07, 6.45) is -0.0571. The number of nitrogens with two attached hydrogens (primary N) is 1. The minimum absolute atomic E-state index is 0.0891. The van der Waals surface area contributed by atoms with Crippen molar-refractivity contribution in [1.82, 2.24) is 0 Å². The van der Waals surface area contributed by atoms with Crippen LogP contribution in [0.5, 0.6) is 11.5 Å². The number of benzene rings is 1. The Morgan fingerprint density at radius 3 is 2.43 bits per heavy atom. The third-order valence-electron chi connectivity index (χ3n) is 3.07. The van der Waals surface area contributed by atoms with Gasteiger partial charge in [-0.05, 0) is 18.6 Å². The summed E-state index contributed by atoms with van der Waals surface area (Å²) in [5.41, 5.74) is 6.31. The molecule has 0 spiro atoms. The van der Waals surface area contributed by atoms with Gasteiger partial charge in [-0.25, -0.2) is 0 Å². The fourth-order valence-electron chi connectivity index (χ4n) is 1.81. The molecule has 1 aromatic carbocycles. The Morgan fingerprint density at radius 2 is 1.90 bits per heavy atom. The highest BCUT2D eigenvalue weighted by Crippen LogP contribution is 2.31. The number of aliphatic carboxylic acids is 1. The fraction of sp³-hybridized carbons (Fsp3) is 0.429. The highest BCUT2D eigenvalue weighted by Gasteiger charge is 2.21. The number of amides is 1. The van der Waals surface area contributed by atoms with Crippen LogP contribution in [0, 0.1) is 0 Å². The van der Waals surface area contributed by atoms with E-state index >= 15 is 0 Å². The first-order valence-corrected chi connectivity index (χ1v) is 6.37. The van der Waals surface area contributed by atoms with Gasteiger partial charge in [0.2, 0.25) is 5.91 Å². The molecule has 3 N–H and O–H groups in total. The lowest BCUT2D eigenvalue weighted by Crippen LogP contribution is -2.42. The van der Waals surface area contributed by atoms with Crippen LogP contribution in [0.15, 0.2) is 18.2 Å². The zero-order chi connectivity index (χ0) is 16.0. The monoisotopic (exact) mass is 296 g/mol. The Labute approximate surface area is 123 Å². The number of carbonyl (C=O) groups is 2. The topological polar surface area (TPSA) is 102 Å². The maximum atomic E-state index is 12.1. The van der Waals surface area contributed by atoms with Crippen molar-refractivity contribution >= 4 is 17.6 Å². The second-order valence-electron chi connectivity index (χ2n) is 4.48.